The van der Waals surface area contributed by atoms with E-state index >= 15 is 0 Å². The second-order valence-corrected chi connectivity index (χ2v) is 7.58. The van der Waals surface area contributed by atoms with Crippen molar-refractivity contribution >= 4 is 5.97 Å². The van der Waals surface area contributed by atoms with Crippen LogP contribution in [0.2, 0.25) is 0 Å². The van der Waals surface area contributed by atoms with Gasteiger partial charge < -0.3 is 10.0 Å². The van der Waals surface area contributed by atoms with E-state index in [9.17, 15) is 4.79 Å². The van der Waals surface area contributed by atoms with Gasteiger partial charge in [0.25, 0.3) is 0 Å². The van der Waals surface area contributed by atoms with Gasteiger partial charge in [-0.15, -0.1) is 0 Å². The van der Waals surface area contributed by atoms with E-state index in [2.05, 4.69) is 18.7 Å². The minimum atomic E-state index is -0.655. The Kier molecular flexibility index (Phi) is 19.3. The first-order valence-corrected chi connectivity index (χ1v) is 11.1. The standard InChI is InChI=1S/C22H45NO2/c1-3-5-7-11-15-19-23(20-16-12-8-6-4-2)21-17-13-9-10-14-18-22(24)25/h3-21H2,1-2H3,(H,24,25). The third-order valence-electron chi connectivity index (χ3n) is 5.02. The third-order valence-corrected chi connectivity index (χ3v) is 5.02. The van der Waals surface area contributed by atoms with E-state index in [0.717, 1.165) is 12.8 Å². The number of hydrogen-bond acceptors (Lipinski definition) is 2. The second-order valence-electron chi connectivity index (χ2n) is 7.58. The highest BCUT2D eigenvalue weighted by Gasteiger charge is 2.05. The Morgan fingerprint density at radius 3 is 1.36 bits per heavy atom. The summed E-state index contributed by atoms with van der Waals surface area (Å²) >= 11 is 0. The lowest BCUT2D eigenvalue weighted by molar-refractivity contribution is -0.137. The number of nitrogens with zero attached hydrogens (tertiary/aromatic N) is 1. The molecule has 150 valence electrons. The van der Waals surface area contributed by atoms with Crippen LogP contribution in [0, 0.1) is 0 Å². The van der Waals surface area contributed by atoms with Gasteiger partial charge in [0.2, 0.25) is 0 Å². The van der Waals surface area contributed by atoms with Crippen LogP contribution in [0.3, 0.4) is 0 Å². The Hall–Kier alpha value is -0.570. The molecule has 0 aromatic heterocycles. The molecule has 25 heavy (non-hydrogen) atoms. The van der Waals surface area contributed by atoms with Gasteiger partial charge in [0.05, 0.1) is 0 Å². The lowest BCUT2D eigenvalue weighted by atomic mass is 10.1. The average molecular weight is 356 g/mol. The molecule has 0 aromatic rings. The van der Waals surface area contributed by atoms with Crippen molar-refractivity contribution in [3.63, 3.8) is 0 Å². The van der Waals surface area contributed by atoms with Crippen LogP contribution in [0.1, 0.15) is 117 Å². The SMILES string of the molecule is CCCCCCCN(CCCCCCC)CCCCCCCC(=O)O. The van der Waals surface area contributed by atoms with E-state index in [1.807, 2.05) is 0 Å². The van der Waals surface area contributed by atoms with E-state index < -0.39 is 5.97 Å². The molecule has 0 bridgehead atoms. The fraction of sp³-hybridized carbons (Fsp3) is 0.955. The predicted molar refractivity (Wildman–Crippen MR) is 109 cm³/mol. The molecule has 0 amide bonds. The lowest BCUT2D eigenvalue weighted by Gasteiger charge is -2.22. The summed E-state index contributed by atoms with van der Waals surface area (Å²) < 4.78 is 0. The van der Waals surface area contributed by atoms with Crippen LogP contribution in [-0.4, -0.2) is 35.6 Å². The summed E-state index contributed by atoms with van der Waals surface area (Å²) in [5, 5.41) is 8.66. The smallest absolute Gasteiger partial charge is 0.303 e. The molecule has 0 aromatic carbocycles. The summed E-state index contributed by atoms with van der Waals surface area (Å²) in [5.74, 6) is -0.655. The number of carboxylic acids is 1. The Labute approximate surface area is 157 Å². The van der Waals surface area contributed by atoms with Gasteiger partial charge >= 0.3 is 5.97 Å². The van der Waals surface area contributed by atoms with Crippen molar-refractivity contribution in [3.05, 3.63) is 0 Å². The summed E-state index contributed by atoms with van der Waals surface area (Å²) in [4.78, 5) is 13.2. The Bertz CT molecular complexity index is 267. The van der Waals surface area contributed by atoms with Gasteiger partial charge in [0, 0.05) is 6.42 Å². The summed E-state index contributed by atoms with van der Waals surface area (Å²) in [7, 11) is 0. The molecule has 0 radical (unpaired) electrons. The maximum absolute atomic E-state index is 10.5. The Morgan fingerprint density at radius 1 is 0.600 bits per heavy atom. The average Bonchev–Trinajstić information content (AvgIpc) is 2.59. The molecule has 0 atom stereocenters. The minimum Gasteiger partial charge on any atom is -0.481 e. The van der Waals surface area contributed by atoms with Crippen LogP contribution in [0.5, 0.6) is 0 Å². The molecule has 0 aliphatic heterocycles. The fourth-order valence-corrected chi connectivity index (χ4v) is 3.36. The number of unbranched alkanes of at least 4 members (excludes halogenated alkanes) is 12. The van der Waals surface area contributed by atoms with Crippen molar-refractivity contribution < 1.29 is 9.90 Å². The molecule has 0 unspecified atom stereocenters. The Morgan fingerprint density at radius 2 is 0.960 bits per heavy atom. The van der Waals surface area contributed by atoms with Gasteiger partial charge in [-0.3, -0.25) is 4.79 Å². The van der Waals surface area contributed by atoms with Crippen molar-refractivity contribution in [1.29, 1.82) is 0 Å². The monoisotopic (exact) mass is 355 g/mol. The van der Waals surface area contributed by atoms with E-state index in [0.29, 0.717) is 6.42 Å². The predicted octanol–water partition coefficient (Wildman–Crippen LogP) is 6.65. The van der Waals surface area contributed by atoms with E-state index in [-0.39, 0.29) is 0 Å². The van der Waals surface area contributed by atoms with Gasteiger partial charge in [0.15, 0.2) is 0 Å². The van der Waals surface area contributed by atoms with Gasteiger partial charge in [-0.2, -0.15) is 0 Å². The van der Waals surface area contributed by atoms with Crippen molar-refractivity contribution in [1.82, 2.24) is 4.90 Å². The summed E-state index contributed by atoms with van der Waals surface area (Å²) in [6, 6.07) is 0. The molecule has 0 aliphatic carbocycles. The molecule has 0 rings (SSSR count). The van der Waals surface area contributed by atoms with E-state index in [1.54, 1.807) is 0 Å². The molecular weight excluding hydrogens is 310 g/mol. The minimum absolute atomic E-state index is 0.335. The van der Waals surface area contributed by atoms with Crippen LogP contribution in [0.15, 0.2) is 0 Å². The van der Waals surface area contributed by atoms with Crippen molar-refractivity contribution in [2.45, 2.75) is 117 Å². The summed E-state index contributed by atoms with van der Waals surface area (Å²) in [6.45, 7) is 8.34. The summed E-state index contributed by atoms with van der Waals surface area (Å²) in [6.07, 6.45) is 19.6. The highest BCUT2D eigenvalue weighted by Crippen LogP contribution is 2.10. The number of carbonyl (C=O) groups is 1. The third kappa shape index (κ3) is 19.6. The molecule has 0 fully saturated rings. The van der Waals surface area contributed by atoms with E-state index in [4.69, 9.17) is 5.11 Å². The molecule has 0 saturated heterocycles. The second kappa shape index (κ2) is 19.8. The largest absolute Gasteiger partial charge is 0.481 e. The Balaban J connectivity index is 3.76. The van der Waals surface area contributed by atoms with Crippen LogP contribution in [0.4, 0.5) is 0 Å². The molecule has 3 nitrogen and oxygen atoms in total. The maximum atomic E-state index is 10.5. The zero-order valence-electron chi connectivity index (χ0n) is 17.2. The number of hydrogen-bond donors (Lipinski definition) is 1. The van der Waals surface area contributed by atoms with Crippen molar-refractivity contribution in [3.8, 4) is 0 Å². The van der Waals surface area contributed by atoms with Crippen LogP contribution in [0.25, 0.3) is 0 Å². The number of aliphatic carboxylic acids is 1. The molecule has 0 saturated carbocycles. The maximum Gasteiger partial charge on any atom is 0.303 e. The molecule has 3 heteroatoms. The first-order chi connectivity index (χ1) is 12.2. The lowest BCUT2D eigenvalue weighted by Crippen LogP contribution is -2.27. The molecule has 0 aliphatic rings. The topological polar surface area (TPSA) is 40.5 Å². The normalized spacial score (nSPS) is 11.3. The first kappa shape index (κ1) is 24.4. The molecule has 0 heterocycles. The molecule has 0 spiro atoms. The van der Waals surface area contributed by atoms with Crippen LogP contribution >= 0.6 is 0 Å². The number of rotatable bonds is 20. The first-order valence-electron chi connectivity index (χ1n) is 11.1. The highest BCUT2D eigenvalue weighted by molar-refractivity contribution is 5.66. The highest BCUT2D eigenvalue weighted by atomic mass is 16.4. The van der Waals surface area contributed by atoms with Gasteiger partial charge in [-0.05, 0) is 45.3 Å². The zero-order valence-corrected chi connectivity index (χ0v) is 17.2. The van der Waals surface area contributed by atoms with Gasteiger partial charge in [0.1, 0.15) is 0 Å². The van der Waals surface area contributed by atoms with E-state index in [1.165, 1.54) is 103 Å². The van der Waals surface area contributed by atoms with Crippen molar-refractivity contribution in [2.24, 2.45) is 0 Å². The summed E-state index contributed by atoms with van der Waals surface area (Å²) in [5.41, 5.74) is 0. The molecule has 1 N–H and O–H groups in total. The zero-order chi connectivity index (χ0) is 18.6. The molecular formula is C22H45NO2. The van der Waals surface area contributed by atoms with Gasteiger partial charge in [-0.1, -0.05) is 84.5 Å². The fourth-order valence-electron chi connectivity index (χ4n) is 3.36. The quantitative estimate of drug-likeness (QED) is 0.248. The van der Waals surface area contributed by atoms with Crippen LogP contribution < -0.4 is 0 Å². The number of carboxylic acid groups (broad SMARTS) is 1. The van der Waals surface area contributed by atoms with Crippen LogP contribution in [-0.2, 0) is 4.79 Å². The van der Waals surface area contributed by atoms with Crippen molar-refractivity contribution in [2.75, 3.05) is 19.6 Å². The van der Waals surface area contributed by atoms with Gasteiger partial charge in [-0.25, -0.2) is 0 Å².